The Labute approximate surface area is 129 Å². The number of halogens is 1. The van der Waals surface area contributed by atoms with Gasteiger partial charge in [-0.05, 0) is 18.6 Å². The molecule has 2 N–H and O–H groups in total. The van der Waals surface area contributed by atoms with Crippen molar-refractivity contribution in [1.82, 2.24) is 4.98 Å². The third kappa shape index (κ3) is 8.15. The molecule has 0 spiro atoms. The second-order valence-electron chi connectivity index (χ2n) is 5.95. The number of nitrogens with two attached hydrogens (primary N) is 1. The molecular weight excluding hydrogens is 263 g/mol. The summed E-state index contributed by atoms with van der Waals surface area (Å²) in [5, 5.41) is 0. The maximum absolute atomic E-state index is 13.5. The molecule has 0 bridgehead atoms. The fourth-order valence-corrected chi connectivity index (χ4v) is 2.66. The summed E-state index contributed by atoms with van der Waals surface area (Å²) in [5.74, 6) is -0.280. The number of nitrogens with zero attached hydrogens (tertiary/aromatic N) is 1. The third-order valence-corrected chi connectivity index (χ3v) is 4.01. The van der Waals surface area contributed by atoms with E-state index in [0.717, 1.165) is 12.8 Å². The zero-order chi connectivity index (χ0) is 15.3. The van der Waals surface area contributed by atoms with E-state index >= 15 is 0 Å². The Bertz CT molecular complexity index is 368. The highest BCUT2D eigenvalue weighted by molar-refractivity contribution is 5.10. The van der Waals surface area contributed by atoms with E-state index in [9.17, 15) is 4.39 Å². The molecule has 1 heterocycles. The van der Waals surface area contributed by atoms with Crippen molar-refractivity contribution in [2.24, 2.45) is 5.73 Å². The van der Waals surface area contributed by atoms with Crippen molar-refractivity contribution in [3.05, 3.63) is 29.8 Å². The Balaban J connectivity index is 1.98. The Hall–Kier alpha value is -0.960. The van der Waals surface area contributed by atoms with Crippen molar-refractivity contribution >= 4 is 0 Å². The highest BCUT2D eigenvalue weighted by Crippen LogP contribution is 2.18. The molecule has 21 heavy (non-hydrogen) atoms. The number of rotatable bonds is 12. The number of unbranched alkanes of at least 4 members (excludes halogenated alkanes) is 9. The molecule has 0 aliphatic rings. The van der Waals surface area contributed by atoms with Gasteiger partial charge in [0.05, 0.1) is 5.69 Å². The van der Waals surface area contributed by atoms with Gasteiger partial charge in [0.1, 0.15) is 5.82 Å². The number of hydrogen-bond acceptors (Lipinski definition) is 2. The minimum absolute atomic E-state index is 0.264. The third-order valence-electron chi connectivity index (χ3n) is 4.01. The van der Waals surface area contributed by atoms with E-state index in [1.54, 1.807) is 12.3 Å². The quantitative estimate of drug-likeness (QED) is 0.515. The van der Waals surface area contributed by atoms with Crippen LogP contribution < -0.4 is 5.73 Å². The second-order valence-corrected chi connectivity index (χ2v) is 5.95. The summed E-state index contributed by atoms with van der Waals surface area (Å²) in [4.78, 5) is 4.04. The first kappa shape index (κ1) is 18.1. The first-order valence-corrected chi connectivity index (χ1v) is 8.61. The molecule has 0 aliphatic heterocycles. The van der Waals surface area contributed by atoms with Crippen molar-refractivity contribution in [2.45, 2.75) is 83.6 Å². The summed E-state index contributed by atoms with van der Waals surface area (Å²) < 4.78 is 13.5. The lowest BCUT2D eigenvalue weighted by Gasteiger charge is -2.11. The van der Waals surface area contributed by atoms with Crippen molar-refractivity contribution in [2.75, 3.05) is 0 Å². The van der Waals surface area contributed by atoms with E-state index in [1.165, 1.54) is 63.9 Å². The van der Waals surface area contributed by atoms with Crippen molar-refractivity contribution in [1.29, 1.82) is 0 Å². The molecule has 0 aromatic carbocycles. The summed E-state index contributed by atoms with van der Waals surface area (Å²) >= 11 is 0. The monoisotopic (exact) mass is 294 g/mol. The van der Waals surface area contributed by atoms with Crippen LogP contribution in [0, 0.1) is 5.82 Å². The van der Waals surface area contributed by atoms with Crippen LogP contribution in [0.1, 0.15) is 89.3 Å². The Morgan fingerprint density at radius 1 is 1.00 bits per heavy atom. The second kappa shape index (κ2) is 11.7. The molecule has 1 rings (SSSR count). The molecule has 1 aromatic heterocycles. The Morgan fingerprint density at radius 3 is 2.14 bits per heavy atom. The smallest absolute Gasteiger partial charge is 0.146 e. The van der Waals surface area contributed by atoms with E-state index in [4.69, 9.17) is 5.73 Å². The summed E-state index contributed by atoms with van der Waals surface area (Å²) in [6, 6.07) is 2.77. The van der Waals surface area contributed by atoms with E-state index in [-0.39, 0.29) is 11.9 Å². The summed E-state index contributed by atoms with van der Waals surface area (Å²) in [7, 11) is 0. The van der Waals surface area contributed by atoms with Crippen LogP contribution in [0.4, 0.5) is 4.39 Å². The van der Waals surface area contributed by atoms with E-state index < -0.39 is 0 Å². The standard InChI is InChI=1S/C18H31FN2/c1-2-3-4-5-6-7-8-9-10-11-14-17(20)18-16(19)13-12-15-21-18/h12-13,15,17H,2-11,14,20H2,1H3. The highest BCUT2D eigenvalue weighted by atomic mass is 19.1. The molecule has 0 radical (unpaired) electrons. The molecular formula is C18H31FN2. The lowest BCUT2D eigenvalue weighted by atomic mass is 10.0. The number of hydrogen-bond donors (Lipinski definition) is 1. The predicted molar refractivity (Wildman–Crippen MR) is 87.6 cm³/mol. The van der Waals surface area contributed by atoms with Gasteiger partial charge in [0.25, 0.3) is 0 Å². The fourth-order valence-electron chi connectivity index (χ4n) is 2.66. The fraction of sp³-hybridized carbons (Fsp3) is 0.722. The van der Waals surface area contributed by atoms with Crippen LogP contribution in [0.15, 0.2) is 18.3 Å². The van der Waals surface area contributed by atoms with Gasteiger partial charge in [-0.25, -0.2) is 4.39 Å². The number of aromatic nitrogens is 1. The number of pyridine rings is 1. The van der Waals surface area contributed by atoms with E-state index in [1.807, 2.05) is 0 Å². The topological polar surface area (TPSA) is 38.9 Å². The van der Waals surface area contributed by atoms with Gasteiger partial charge < -0.3 is 5.73 Å². The molecule has 2 nitrogen and oxygen atoms in total. The lowest BCUT2D eigenvalue weighted by molar-refractivity contribution is 0.505. The maximum Gasteiger partial charge on any atom is 0.146 e. The summed E-state index contributed by atoms with van der Waals surface area (Å²) in [6.45, 7) is 2.25. The molecule has 0 amide bonds. The average Bonchev–Trinajstić information content (AvgIpc) is 2.49. The van der Waals surface area contributed by atoms with Crippen LogP contribution in [-0.2, 0) is 0 Å². The average molecular weight is 294 g/mol. The maximum atomic E-state index is 13.5. The minimum atomic E-state index is -0.280. The highest BCUT2D eigenvalue weighted by Gasteiger charge is 2.11. The van der Waals surface area contributed by atoms with Gasteiger partial charge in [0, 0.05) is 12.2 Å². The summed E-state index contributed by atoms with van der Waals surface area (Å²) in [6.07, 6.45) is 15.5. The van der Waals surface area contributed by atoms with E-state index in [2.05, 4.69) is 11.9 Å². The molecule has 1 aromatic rings. The molecule has 0 fully saturated rings. The van der Waals surface area contributed by atoms with Gasteiger partial charge in [-0.1, -0.05) is 71.1 Å². The van der Waals surface area contributed by atoms with Crippen molar-refractivity contribution < 1.29 is 4.39 Å². The predicted octanol–water partition coefficient (Wildman–Crippen LogP) is 5.53. The zero-order valence-corrected chi connectivity index (χ0v) is 13.5. The molecule has 0 saturated carbocycles. The van der Waals surface area contributed by atoms with Crippen molar-refractivity contribution in [3.8, 4) is 0 Å². The van der Waals surface area contributed by atoms with Crippen LogP contribution in [0.3, 0.4) is 0 Å². The molecule has 3 heteroatoms. The molecule has 120 valence electrons. The van der Waals surface area contributed by atoms with Crippen LogP contribution >= 0.6 is 0 Å². The van der Waals surface area contributed by atoms with Gasteiger partial charge in [0.15, 0.2) is 0 Å². The molecule has 0 aliphatic carbocycles. The Morgan fingerprint density at radius 2 is 1.57 bits per heavy atom. The van der Waals surface area contributed by atoms with Crippen molar-refractivity contribution in [3.63, 3.8) is 0 Å². The van der Waals surface area contributed by atoms with Gasteiger partial charge >= 0.3 is 0 Å². The molecule has 1 unspecified atom stereocenters. The van der Waals surface area contributed by atoms with Crippen LogP contribution in [-0.4, -0.2) is 4.98 Å². The summed E-state index contributed by atoms with van der Waals surface area (Å²) in [5.41, 5.74) is 6.41. The SMILES string of the molecule is CCCCCCCCCCCCC(N)c1ncccc1F. The van der Waals surface area contributed by atoms with Gasteiger partial charge in [0.2, 0.25) is 0 Å². The molecule has 1 atom stereocenters. The Kier molecular flexibility index (Phi) is 10.1. The van der Waals surface area contributed by atoms with Crippen LogP contribution in [0.25, 0.3) is 0 Å². The van der Waals surface area contributed by atoms with Crippen LogP contribution in [0.5, 0.6) is 0 Å². The largest absolute Gasteiger partial charge is 0.323 e. The van der Waals surface area contributed by atoms with Gasteiger partial charge in [-0.3, -0.25) is 4.98 Å². The minimum Gasteiger partial charge on any atom is -0.323 e. The first-order valence-electron chi connectivity index (χ1n) is 8.61. The zero-order valence-electron chi connectivity index (χ0n) is 13.5. The van der Waals surface area contributed by atoms with Gasteiger partial charge in [-0.15, -0.1) is 0 Å². The van der Waals surface area contributed by atoms with Gasteiger partial charge in [-0.2, -0.15) is 0 Å². The van der Waals surface area contributed by atoms with Crippen LogP contribution in [0.2, 0.25) is 0 Å². The normalized spacial score (nSPS) is 12.5. The lowest BCUT2D eigenvalue weighted by Crippen LogP contribution is -2.13. The first-order chi connectivity index (χ1) is 10.3. The van der Waals surface area contributed by atoms with E-state index in [0.29, 0.717) is 5.69 Å². The molecule has 0 saturated heterocycles.